The minimum Gasteiger partial charge on any atom is -0.366 e. The zero-order valence-corrected chi connectivity index (χ0v) is 13.1. The molecule has 1 saturated heterocycles. The molecule has 0 radical (unpaired) electrons. The van der Waals surface area contributed by atoms with Crippen LogP contribution in [0, 0.1) is 17.0 Å². The number of alkyl halides is 1. The second-order valence-electron chi connectivity index (χ2n) is 5.42. The first-order valence-corrected chi connectivity index (χ1v) is 7.96. The van der Waals surface area contributed by atoms with Gasteiger partial charge in [0.05, 0.1) is 0 Å². The van der Waals surface area contributed by atoms with Gasteiger partial charge in [0.25, 0.3) is 0 Å². The first kappa shape index (κ1) is 14.8. The number of rotatable bonds is 4. The number of benzene rings is 1. The SMILES string of the molecule is CCC1(CC)CCN(c2c(F)cc(CBr)cc2F)C1. The fraction of sp³-hybridized carbons (Fsp3) is 0.600. The van der Waals surface area contributed by atoms with Gasteiger partial charge in [-0.25, -0.2) is 8.78 Å². The van der Waals surface area contributed by atoms with Gasteiger partial charge in [-0.15, -0.1) is 0 Å². The highest BCUT2D eigenvalue weighted by atomic mass is 79.9. The topological polar surface area (TPSA) is 3.24 Å². The van der Waals surface area contributed by atoms with Crippen molar-refractivity contribution in [2.24, 2.45) is 5.41 Å². The number of anilines is 1. The molecule has 0 aliphatic carbocycles. The average Bonchev–Trinajstić information content (AvgIpc) is 2.82. The Morgan fingerprint density at radius 1 is 1.21 bits per heavy atom. The van der Waals surface area contributed by atoms with Crippen molar-refractivity contribution in [1.82, 2.24) is 0 Å². The van der Waals surface area contributed by atoms with E-state index in [1.54, 1.807) is 0 Å². The minimum atomic E-state index is -0.447. The van der Waals surface area contributed by atoms with Gasteiger partial charge in [-0.1, -0.05) is 29.8 Å². The van der Waals surface area contributed by atoms with Gasteiger partial charge in [-0.3, -0.25) is 0 Å². The lowest BCUT2D eigenvalue weighted by Crippen LogP contribution is -2.27. The molecule has 19 heavy (non-hydrogen) atoms. The van der Waals surface area contributed by atoms with Crippen molar-refractivity contribution in [3.63, 3.8) is 0 Å². The van der Waals surface area contributed by atoms with Crippen molar-refractivity contribution in [2.75, 3.05) is 18.0 Å². The second-order valence-corrected chi connectivity index (χ2v) is 5.98. The molecule has 0 aromatic heterocycles. The Morgan fingerprint density at radius 3 is 2.21 bits per heavy atom. The molecule has 1 heterocycles. The highest BCUT2D eigenvalue weighted by Crippen LogP contribution is 2.40. The van der Waals surface area contributed by atoms with Crippen molar-refractivity contribution in [2.45, 2.75) is 38.4 Å². The molecule has 0 unspecified atom stereocenters. The smallest absolute Gasteiger partial charge is 0.149 e. The molecule has 1 fully saturated rings. The standard InChI is InChI=1S/C15H20BrF2N/c1-3-15(4-2)5-6-19(10-15)14-12(17)7-11(9-16)8-13(14)18/h7-8H,3-6,9-10H2,1-2H3. The summed E-state index contributed by atoms with van der Waals surface area (Å²) >= 11 is 3.23. The van der Waals surface area contributed by atoms with Gasteiger partial charge in [-0.05, 0) is 42.4 Å². The van der Waals surface area contributed by atoms with Gasteiger partial charge in [0.1, 0.15) is 17.3 Å². The van der Waals surface area contributed by atoms with Crippen LogP contribution in [0.5, 0.6) is 0 Å². The largest absolute Gasteiger partial charge is 0.366 e. The second kappa shape index (κ2) is 5.78. The molecule has 4 heteroatoms. The van der Waals surface area contributed by atoms with E-state index in [1.165, 1.54) is 12.1 Å². The summed E-state index contributed by atoms with van der Waals surface area (Å²) in [5.74, 6) is -0.894. The summed E-state index contributed by atoms with van der Waals surface area (Å²) in [5.41, 5.74) is 0.996. The molecule has 1 aliphatic heterocycles. The van der Waals surface area contributed by atoms with Crippen LogP contribution in [0.1, 0.15) is 38.7 Å². The summed E-state index contributed by atoms with van der Waals surface area (Å²) in [6.45, 7) is 5.81. The molecule has 0 N–H and O–H groups in total. The van der Waals surface area contributed by atoms with E-state index in [2.05, 4.69) is 29.8 Å². The third-order valence-electron chi connectivity index (χ3n) is 4.49. The molecule has 0 bridgehead atoms. The van der Waals surface area contributed by atoms with Gasteiger partial charge in [-0.2, -0.15) is 0 Å². The molecule has 0 saturated carbocycles. The van der Waals surface area contributed by atoms with Crippen LogP contribution in [0.15, 0.2) is 12.1 Å². The fourth-order valence-corrected chi connectivity index (χ4v) is 3.27. The zero-order valence-electron chi connectivity index (χ0n) is 11.5. The Kier molecular flexibility index (Phi) is 4.49. The lowest BCUT2D eigenvalue weighted by atomic mass is 9.82. The Morgan fingerprint density at radius 2 is 1.79 bits per heavy atom. The molecule has 0 amide bonds. The van der Waals surface area contributed by atoms with Crippen molar-refractivity contribution in [3.8, 4) is 0 Å². The van der Waals surface area contributed by atoms with Crippen LogP contribution >= 0.6 is 15.9 Å². The van der Waals surface area contributed by atoms with Gasteiger partial charge in [0, 0.05) is 18.4 Å². The summed E-state index contributed by atoms with van der Waals surface area (Å²) < 4.78 is 28.2. The van der Waals surface area contributed by atoms with Crippen LogP contribution in [0.3, 0.4) is 0 Å². The highest BCUT2D eigenvalue weighted by Gasteiger charge is 2.36. The van der Waals surface area contributed by atoms with E-state index >= 15 is 0 Å². The maximum atomic E-state index is 14.1. The molecule has 1 nitrogen and oxygen atoms in total. The van der Waals surface area contributed by atoms with Crippen molar-refractivity contribution in [1.29, 1.82) is 0 Å². The average molecular weight is 332 g/mol. The third-order valence-corrected chi connectivity index (χ3v) is 5.13. The fourth-order valence-electron chi connectivity index (χ4n) is 2.95. The molecular formula is C15H20BrF2N. The lowest BCUT2D eigenvalue weighted by Gasteiger charge is -2.27. The molecule has 2 rings (SSSR count). The number of hydrogen-bond acceptors (Lipinski definition) is 1. The van der Waals surface area contributed by atoms with Gasteiger partial charge >= 0.3 is 0 Å². The van der Waals surface area contributed by atoms with Crippen LogP contribution in [0.4, 0.5) is 14.5 Å². The molecule has 0 spiro atoms. The summed E-state index contributed by atoms with van der Waals surface area (Å²) in [6.07, 6.45) is 3.13. The first-order valence-electron chi connectivity index (χ1n) is 6.84. The van der Waals surface area contributed by atoms with E-state index in [1.807, 2.05) is 4.90 Å². The summed E-state index contributed by atoms with van der Waals surface area (Å²) in [6, 6.07) is 2.84. The van der Waals surface area contributed by atoms with Gasteiger partial charge in [0.2, 0.25) is 0 Å². The van der Waals surface area contributed by atoms with E-state index in [9.17, 15) is 8.78 Å². The summed E-state index contributed by atoms with van der Waals surface area (Å²) in [5, 5.41) is 0.467. The van der Waals surface area contributed by atoms with E-state index in [-0.39, 0.29) is 11.1 Å². The maximum absolute atomic E-state index is 14.1. The van der Waals surface area contributed by atoms with Crippen LogP contribution in [0.2, 0.25) is 0 Å². The number of nitrogens with zero attached hydrogens (tertiary/aromatic N) is 1. The summed E-state index contributed by atoms with van der Waals surface area (Å²) in [7, 11) is 0. The Hall–Kier alpha value is -0.640. The number of halogens is 3. The van der Waals surface area contributed by atoms with E-state index in [4.69, 9.17) is 0 Å². The Labute approximate surface area is 122 Å². The van der Waals surface area contributed by atoms with Crippen LogP contribution in [0.25, 0.3) is 0 Å². The quantitative estimate of drug-likeness (QED) is 0.711. The zero-order chi connectivity index (χ0) is 14.0. The third kappa shape index (κ3) is 2.78. The van der Waals surface area contributed by atoms with Gasteiger partial charge < -0.3 is 4.90 Å². The van der Waals surface area contributed by atoms with Crippen LogP contribution < -0.4 is 4.90 Å². The Balaban J connectivity index is 2.29. The highest BCUT2D eigenvalue weighted by molar-refractivity contribution is 9.08. The molecule has 1 aliphatic rings. The molecule has 1 aromatic carbocycles. The van der Waals surface area contributed by atoms with Crippen molar-refractivity contribution >= 4 is 21.6 Å². The molecule has 0 atom stereocenters. The normalized spacial score (nSPS) is 18.1. The van der Waals surface area contributed by atoms with Crippen molar-refractivity contribution < 1.29 is 8.78 Å². The first-order chi connectivity index (χ1) is 9.05. The lowest BCUT2D eigenvalue weighted by molar-refractivity contribution is 0.301. The van der Waals surface area contributed by atoms with Crippen LogP contribution in [-0.2, 0) is 5.33 Å². The van der Waals surface area contributed by atoms with E-state index in [0.717, 1.165) is 32.4 Å². The monoisotopic (exact) mass is 331 g/mol. The van der Waals surface area contributed by atoms with Gasteiger partial charge in [0.15, 0.2) is 0 Å². The number of hydrogen-bond donors (Lipinski definition) is 0. The Bertz CT molecular complexity index is 434. The molecule has 106 valence electrons. The minimum absolute atomic E-state index is 0.147. The van der Waals surface area contributed by atoms with E-state index < -0.39 is 11.6 Å². The summed E-state index contributed by atoms with van der Waals surface area (Å²) in [4.78, 5) is 1.87. The van der Waals surface area contributed by atoms with Crippen LogP contribution in [-0.4, -0.2) is 13.1 Å². The molecule has 1 aromatic rings. The predicted molar refractivity (Wildman–Crippen MR) is 78.8 cm³/mol. The predicted octanol–water partition coefficient (Wildman–Crippen LogP) is 4.88. The maximum Gasteiger partial charge on any atom is 0.149 e. The molecular weight excluding hydrogens is 312 g/mol. The van der Waals surface area contributed by atoms with Crippen molar-refractivity contribution in [3.05, 3.63) is 29.3 Å². The van der Waals surface area contributed by atoms with E-state index in [0.29, 0.717) is 10.9 Å².